The molecule has 1 nitrogen and oxygen atoms in total. The maximum Gasteiger partial charge on any atom is 0.183 e. The van der Waals surface area contributed by atoms with Gasteiger partial charge in [-0.3, -0.25) is 0 Å². The lowest BCUT2D eigenvalue weighted by molar-refractivity contribution is 0.00236. The van der Waals surface area contributed by atoms with Gasteiger partial charge < -0.3 is 4.43 Å². The Morgan fingerprint density at radius 3 is 2.74 bits per heavy atom. The van der Waals surface area contributed by atoms with Gasteiger partial charge in [-0.05, 0) is 92.5 Å². The monoisotopic (exact) mass is 328 g/mol. The van der Waals surface area contributed by atoms with Gasteiger partial charge in [-0.25, -0.2) is 0 Å². The Kier molecular flexibility index (Phi) is 3.96. The van der Waals surface area contributed by atoms with Gasteiger partial charge in [0.1, 0.15) is 0 Å². The van der Waals surface area contributed by atoms with E-state index in [1.54, 1.807) is 11.1 Å². The summed E-state index contributed by atoms with van der Waals surface area (Å²) in [5, 5.41) is 0. The highest BCUT2D eigenvalue weighted by molar-refractivity contribution is 6.69. The molecule has 23 heavy (non-hydrogen) atoms. The van der Waals surface area contributed by atoms with Gasteiger partial charge in [0, 0.05) is 6.61 Å². The summed E-state index contributed by atoms with van der Waals surface area (Å²) >= 11 is 0. The molecule has 4 rings (SSSR count). The first-order valence-electron chi connectivity index (χ1n) is 9.70. The van der Waals surface area contributed by atoms with Crippen molar-refractivity contribution in [2.45, 2.75) is 70.5 Å². The van der Waals surface area contributed by atoms with E-state index in [1.807, 2.05) is 0 Å². The third-order valence-electron chi connectivity index (χ3n) is 6.96. The SMILES string of the molecule is C[Si](C)(C)OC[C@@]12CCC[C@H]1[C@@H]1CCc3ccccc3[C@H]1CC2. The van der Waals surface area contributed by atoms with Crippen molar-refractivity contribution in [3.8, 4) is 0 Å². The van der Waals surface area contributed by atoms with E-state index in [-0.39, 0.29) is 0 Å². The fourth-order valence-corrected chi connectivity index (χ4v) is 6.65. The molecule has 0 unspecified atom stereocenters. The Hall–Kier alpha value is -0.603. The zero-order valence-corrected chi connectivity index (χ0v) is 16.1. The smallest absolute Gasteiger partial charge is 0.183 e. The second kappa shape index (κ2) is 5.74. The van der Waals surface area contributed by atoms with Crippen molar-refractivity contribution in [3.63, 3.8) is 0 Å². The van der Waals surface area contributed by atoms with Gasteiger partial charge in [0.15, 0.2) is 8.32 Å². The summed E-state index contributed by atoms with van der Waals surface area (Å²) in [4.78, 5) is 0. The quantitative estimate of drug-likeness (QED) is 0.641. The first-order chi connectivity index (χ1) is 11.0. The van der Waals surface area contributed by atoms with Crippen LogP contribution in [0.25, 0.3) is 0 Å². The van der Waals surface area contributed by atoms with Gasteiger partial charge >= 0.3 is 0 Å². The van der Waals surface area contributed by atoms with Crippen molar-refractivity contribution in [1.29, 1.82) is 0 Å². The molecule has 0 aliphatic heterocycles. The number of benzene rings is 1. The molecule has 0 amide bonds. The standard InChI is InChI=1S/C21H32OSi/c1-23(2,3)22-15-21-13-6-9-20(21)19-11-10-16-7-4-5-8-17(16)18(19)12-14-21/h4-5,7-8,18-20H,6,9-15H2,1-3H3/t18-,19-,20+,21+/m1/s1. The Morgan fingerprint density at radius 2 is 1.91 bits per heavy atom. The predicted molar refractivity (Wildman–Crippen MR) is 99.3 cm³/mol. The van der Waals surface area contributed by atoms with Crippen LogP contribution in [0.1, 0.15) is 55.6 Å². The van der Waals surface area contributed by atoms with E-state index in [2.05, 4.69) is 43.9 Å². The molecule has 1 aromatic carbocycles. The molecule has 126 valence electrons. The molecule has 0 heterocycles. The van der Waals surface area contributed by atoms with Crippen LogP contribution in [0.4, 0.5) is 0 Å². The molecule has 2 saturated carbocycles. The van der Waals surface area contributed by atoms with Gasteiger partial charge in [-0.15, -0.1) is 0 Å². The summed E-state index contributed by atoms with van der Waals surface area (Å²) in [6.45, 7) is 8.08. The maximum atomic E-state index is 6.46. The number of fused-ring (bicyclic) bond motifs is 5. The van der Waals surface area contributed by atoms with Gasteiger partial charge in [-0.1, -0.05) is 30.7 Å². The summed E-state index contributed by atoms with van der Waals surface area (Å²) in [5.41, 5.74) is 3.85. The van der Waals surface area contributed by atoms with Crippen LogP contribution in [0.5, 0.6) is 0 Å². The molecular formula is C21H32OSi. The minimum atomic E-state index is -1.41. The Morgan fingerprint density at radius 1 is 1.09 bits per heavy atom. The van der Waals surface area contributed by atoms with Crippen molar-refractivity contribution >= 4 is 8.32 Å². The van der Waals surface area contributed by atoms with Gasteiger partial charge in [-0.2, -0.15) is 0 Å². The summed E-state index contributed by atoms with van der Waals surface area (Å²) < 4.78 is 6.46. The van der Waals surface area contributed by atoms with Gasteiger partial charge in [0.25, 0.3) is 0 Å². The highest BCUT2D eigenvalue weighted by Gasteiger charge is 2.52. The molecule has 3 aliphatic rings. The second-order valence-electron chi connectivity index (χ2n) is 9.31. The van der Waals surface area contributed by atoms with Crippen molar-refractivity contribution in [2.75, 3.05) is 6.61 Å². The molecule has 2 fully saturated rings. The Labute approximate surface area is 143 Å². The fraction of sp³-hybridized carbons (Fsp3) is 0.714. The zero-order valence-electron chi connectivity index (χ0n) is 15.1. The average molecular weight is 329 g/mol. The minimum absolute atomic E-state index is 0.522. The third kappa shape index (κ3) is 2.82. The Bertz CT molecular complexity index is 575. The number of aryl methyl sites for hydroxylation is 1. The fourth-order valence-electron chi connectivity index (χ4n) is 5.93. The average Bonchev–Trinajstić information content (AvgIpc) is 2.96. The van der Waals surface area contributed by atoms with Crippen LogP contribution < -0.4 is 0 Å². The summed E-state index contributed by atoms with van der Waals surface area (Å²) in [6, 6.07) is 9.28. The number of hydrogen-bond acceptors (Lipinski definition) is 1. The van der Waals surface area contributed by atoms with Crippen LogP contribution in [-0.4, -0.2) is 14.9 Å². The molecule has 3 aliphatic carbocycles. The topological polar surface area (TPSA) is 9.23 Å². The van der Waals surface area contributed by atoms with Crippen LogP contribution in [-0.2, 0) is 10.8 Å². The number of hydrogen-bond donors (Lipinski definition) is 0. The lowest BCUT2D eigenvalue weighted by Gasteiger charge is -2.51. The second-order valence-corrected chi connectivity index (χ2v) is 13.8. The largest absolute Gasteiger partial charge is 0.417 e. The van der Waals surface area contributed by atoms with E-state index in [1.165, 1.54) is 44.9 Å². The van der Waals surface area contributed by atoms with Crippen LogP contribution in [0.2, 0.25) is 19.6 Å². The molecule has 0 spiro atoms. The highest BCUT2D eigenvalue weighted by atomic mass is 28.4. The van der Waals surface area contributed by atoms with E-state index in [4.69, 9.17) is 4.43 Å². The molecule has 1 aromatic rings. The molecule has 0 bridgehead atoms. The lowest BCUT2D eigenvalue weighted by Crippen LogP contribution is -2.45. The van der Waals surface area contributed by atoms with E-state index < -0.39 is 8.32 Å². The first-order valence-corrected chi connectivity index (χ1v) is 13.1. The molecule has 0 saturated heterocycles. The zero-order chi connectivity index (χ0) is 16.1. The van der Waals surface area contributed by atoms with Crippen molar-refractivity contribution in [1.82, 2.24) is 0 Å². The first kappa shape index (κ1) is 15.9. The van der Waals surface area contributed by atoms with Crippen LogP contribution in [0, 0.1) is 17.3 Å². The van der Waals surface area contributed by atoms with Crippen molar-refractivity contribution in [2.24, 2.45) is 17.3 Å². The molecule has 0 N–H and O–H groups in total. The van der Waals surface area contributed by atoms with E-state index in [9.17, 15) is 0 Å². The molecule has 4 atom stereocenters. The van der Waals surface area contributed by atoms with Gasteiger partial charge in [0.2, 0.25) is 0 Å². The van der Waals surface area contributed by atoms with Crippen molar-refractivity contribution in [3.05, 3.63) is 35.4 Å². The third-order valence-corrected chi connectivity index (χ3v) is 7.97. The normalized spacial score (nSPS) is 36.2. The van der Waals surface area contributed by atoms with Crippen LogP contribution >= 0.6 is 0 Å². The lowest BCUT2D eigenvalue weighted by atomic mass is 9.55. The van der Waals surface area contributed by atoms with E-state index in [0.717, 1.165) is 24.4 Å². The predicted octanol–water partition coefficient (Wildman–Crippen LogP) is 5.76. The van der Waals surface area contributed by atoms with Crippen LogP contribution in [0.3, 0.4) is 0 Å². The van der Waals surface area contributed by atoms with E-state index in [0.29, 0.717) is 5.41 Å². The molecular weight excluding hydrogens is 296 g/mol. The number of rotatable bonds is 3. The Balaban J connectivity index is 1.59. The van der Waals surface area contributed by atoms with Crippen LogP contribution in [0.15, 0.2) is 24.3 Å². The summed E-state index contributed by atoms with van der Waals surface area (Å²) in [5.74, 6) is 2.68. The summed E-state index contributed by atoms with van der Waals surface area (Å²) in [6.07, 6.45) is 9.83. The van der Waals surface area contributed by atoms with Gasteiger partial charge in [0.05, 0.1) is 0 Å². The minimum Gasteiger partial charge on any atom is -0.417 e. The summed E-state index contributed by atoms with van der Waals surface area (Å²) in [7, 11) is -1.41. The molecule has 0 radical (unpaired) electrons. The van der Waals surface area contributed by atoms with Crippen molar-refractivity contribution < 1.29 is 4.43 Å². The molecule has 2 heteroatoms. The molecule has 0 aromatic heterocycles. The van der Waals surface area contributed by atoms with E-state index >= 15 is 0 Å². The highest BCUT2D eigenvalue weighted by Crippen LogP contribution is 2.61. The maximum absolute atomic E-state index is 6.46.